The number of nitrogens with one attached hydrogen (secondary N) is 1. The molecule has 1 heterocycles. The minimum atomic E-state index is -0.473. The Labute approximate surface area is 96.0 Å². The smallest absolute Gasteiger partial charge is 0.408 e. The summed E-state index contributed by atoms with van der Waals surface area (Å²) in [6.07, 6.45) is 3.01. The molecule has 0 aliphatic heterocycles. The molecule has 16 heavy (non-hydrogen) atoms. The molecule has 1 aromatic rings. The minimum Gasteiger partial charge on any atom is -0.444 e. The fraction of sp³-hybridized carbons (Fsp3) is 0.500. The third-order valence-corrected chi connectivity index (χ3v) is 1.92. The Morgan fingerprint density at radius 3 is 2.69 bits per heavy atom. The monoisotopic (exact) mass is 222 g/mol. The Morgan fingerprint density at radius 2 is 2.19 bits per heavy atom. The zero-order valence-corrected chi connectivity index (χ0v) is 10.2. The molecule has 1 rings (SSSR count). The number of rotatable bonds is 2. The lowest BCUT2D eigenvalue weighted by atomic mass is 10.1. The van der Waals surface area contributed by atoms with Gasteiger partial charge in [-0.05, 0) is 39.3 Å². The van der Waals surface area contributed by atoms with Crippen molar-refractivity contribution in [3.8, 4) is 0 Å². The molecule has 0 aliphatic rings. The van der Waals surface area contributed by atoms with Crippen LogP contribution in [0.3, 0.4) is 0 Å². The first-order valence-corrected chi connectivity index (χ1v) is 5.28. The van der Waals surface area contributed by atoms with Crippen LogP contribution in [0.1, 0.15) is 39.3 Å². The summed E-state index contributed by atoms with van der Waals surface area (Å²) < 4.78 is 5.16. The Balaban J connectivity index is 2.52. The van der Waals surface area contributed by atoms with Crippen molar-refractivity contribution in [3.63, 3.8) is 0 Å². The normalized spacial score (nSPS) is 13.0. The molecule has 1 atom stereocenters. The van der Waals surface area contributed by atoms with E-state index in [4.69, 9.17) is 4.74 Å². The Hall–Kier alpha value is -1.58. The van der Waals surface area contributed by atoms with E-state index >= 15 is 0 Å². The van der Waals surface area contributed by atoms with Crippen LogP contribution in [0.4, 0.5) is 4.79 Å². The molecular formula is C12H18N2O2. The first kappa shape index (κ1) is 12.5. The third-order valence-electron chi connectivity index (χ3n) is 1.92. The van der Waals surface area contributed by atoms with E-state index in [9.17, 15) is 4.79 Å². The van der Waals surface area contributed by atoms with E-state index in [-0.39, 0.29) is 6.04 Å². The molecule has 4 heteroatoms. The number of alkyl carbamates (subject to hydrolysis) is 1. The molecule has 0 bridgehead atoms. The summed E-state index contributed by atoms with van der Waals surface area (Å²) in [4.78, 5) is 15.5. The standard InChI is InChI=1S/C12H18N2O2/c1-9(10-6-5-7-13-8-10)14-11(15)16-12(2,3)4/h5-9H,1-4H3,(H,14,15)/t9-/m0/s1. The van der Waals surface area contributed by atoms with Crippen LogP contribution in [0.5, 0.6) is 0 Å². The van der Waals surface area contributed by atoms with Gasteiger partial charge in [-0.2, -0.15) is 0 Å². The molecule has 0 unspecified atom stereocenters. The van der Waals surface area contributed by atoms with E-state index < -0.39 is 11.7 Å². The van der Waals surface area contributed by atoms with Crippen LogP contribution in [-0.4, -0.2) is 16.7 Å². The maximum Gasteiger partial charge on any atom is 0.408 e. The third kappa shape index (κ3) is 4.29. The molecule has 0 fully saturated rings. The molecule has 1 aromatic heterocycles. The first-order chi connectivity index (χ1) is 7.38. The molecule has 0 spiro atoms. The van der Waals surface area contributed by atoms with Crippen LogP contribution >= 0.6 is 0 Å². The lowest BCUT2D eigenvalue weighted by Crippen LogP contribution is -2.34. The van der Waals surface area contributed by atoms with Gasteiger partial charge in [-0.15, -0.1) is 0 Å². The van der Waals surface area contributed by atoms with E-state index in [0.717, 1.165) is 5.56 Å². The van der Waals surface area contributed by atoms with E-state index in [0.29, 0.717) is 0 Å². The highest BCUT2D eigenvalue weighted by Gasteiger charge is 2.18. The van der Waals surface area contributed by atoms with Crippen molar-refractivity contribution >= 4 is 6.09 Å². The predicted molar refractivity (Wildman–Crippen MR) is 62.0 cm³/mol. The molecule has 1 N–H and O–H groups in total. The Bertz CT molecular complexity index is 344. The number of amides is 1. The summed E-state index contributed by atoms with van der Waals surface area (Å²) in [5, 5.41) is 2.75. The number of carbonyl (C=O) groups is 1. The van der Waals surface area contributed by atoms with Gasteiger partial charge in [0.1, 0.15) is 5.60 Å². The summed E-state index contributed by atoms with van der Waals surface area (Å²) in [6, 6.07) is 3.64. The van der Waals surface area contributed by atoms with Gasteiger partial charge >= 0.3 is 6.09 Å². The van der Waals surface area contributed by atoms with Gasteiger partial charge in [-0.3, -0.25) is 4.98 Å². The number of carbonyl (C=O) groups excluding carboxylic acids is 1. The quantitative estimate of drug-likeness (QED) is 0.837. The Morgan fingerprint density at radius 1 is 1.50 bits per heavy atom. The van der Waals surface area contributed by atoms with Gasteiger partial charge in [0.25, 0.3) is 0 Å². The summed E-state index contributed by atoms with van der Waals surface area (Å²) in [5.74, 6) is 0. The van der Waals surface area contributed by atoms with Gasteiger partial charge in [0, 0.05) is 12.4 Å². The van der Waals surface area contributed by atoms with E-state index in [2.05, 4.69) is 10.3 Å². The highest BCUT2D eigenvalue weighted by Crippen LogP contribution is 2.12. The van der Waals surface area contributed by atoms with E-state index in [1.54, 1.807) is 12.4 Å². The average molecular weight is 222 g/mol. The summed E-state index contributed by atoms with van der Waals surface area (Å²) in [5.41, 5.74) is 0.479. The maximum absolute atomic E-state index is 11.5. The second kappa shape index (κ2) is 4.96. The summed E-state index contributed by atoms with van der Waals surface area (Å²) in [6.45, 7) is 7.39. The van der Waals surface area contributed by atoms with Crippen LogP contribution in [0, 0.1) is 0 Å². The average Bonchev–Trinajstić information content (AvgIpc) is 2.16. The zero-order chi connectivity index (χ0) is 12.2. The van der Waals surface area contributed by atoms with Gasteiger partial charge in [0.15, 0.2) is 0 Å². The van der Waals surface area contributed by atoms with Gasteiger partial charge in [-0.25, -0.2) is 4.79 Å². The number of aromatic nitrogens is 1. The maximum atomic E-state index is 11.5. The lowest BCUT2D eigenvalue weighted by molar-refractivity contribution is 0.0508. The number of hydrogen-bond acceptors (Lipinski definition) is 3. The van der Waals surface area contributed by atoms with Gasteiger partial charge in [0.2, 0.25) is 0 Å². The molecular weight excluding hydrogens is 204 g/mol. The number of pyridine rings is 1. The van der Waals surface area contributed by atoms with Crippen molar-refractivity contribution < 1.29 is 9.53 Å². The molecule has 88 valence electrons. The lowest BCUT2D eigenvalue weighted by Gasteiger charge is -2.21. The van der Waals surface area contributed by atoms with E-state index in [1.165, 1.54) is 0 Å². The van der Waals surface area contributed by atoms with Crippen molar-refractivity contribution in [2.45, 2.75) is 39.3 Å². The number of hydrogen-bond donors (Lipinski definition) is 1. The second-order valence-corrected chi connectivity index (χ2v) is 4.65. The molecule has 0 saturated heterocycles. The summed E-state index contributed by atoms with van der Waals surface area (Å²) in [7, 11) is 0. The van der Waals surface area contributed by atoms with Crippen LogP contribution in [0.25, 0.3) is 0 Å². The van der Waals surface area contributed by atoms with Gasteiger partial charge in [-0.1, -0.05) is 6.07 Å². The van der Waals surface area contributed by atoms with Crippen molar-refractivity contribution in [1.82, 2.24) is 10.3 Å². The van der Waals surface area contributed by atoms with Gasteiger partial charge in [0.05, 0.1) is 6.04 Å². The number of nitrogens with zero attached hydrogens (tertiary/aromatic N) is 1. The fourth-order valence-corrected chi connectivity index (χ4v) is 1.20. The topological polar surface area (TPSA) is 51.2 Å². The van der Waals surface area contributed by atoms with Gasteiger partial charge < -0.3 is 10.1 Å². The molecule has 0 aromatic carbocycles. The molecule has 1 amide bonds. The first-order valence-electron chi connectivity index (χ1n) is 5.28. The summed E-state index contributed by atoms with van der Waals surface area (Å²) >= 11 is 0. The van der Waals surface area contributed by atoms with E-state index in [1.807, 2.05) is 39.8 Å². The minimum absolute atomic E-state index is 0.108. The van der Waals surface area contributed by atoms with Crippen LogP contribution in [0.2, 0.25) is 0 Å². The molecule has 4 nitrogen and oxygen atoms in total. The van der Waals surface area contributed by atoms with Crippen molar-refractivity contribution in [1.29, 1.82) is 0 Å². The Kier molecular flexibility index (Phi) is 3.88. The SMILES string of the molecule is C[C@H](NC(=O)OC(C)(C)C)c1cccnc1. The fourth-order valence-electron chi connectivity index (χ4n) is 1.20. The highest BCUT2D eigenvalue weighted by molar-refractivity contribution is 5.68. The van der Waals surface area contributed by atoms with Crippen molar-refractivity contribution in [2.24, 2.45) is 0 Å². The second-order valence-electron chi connectivity index (χ2n) is 4.65. The van der Waals surface area contributed by atoms with Crippen molar-refractivity contribution in [3.05, 3.63) is 30.1 Å². The number of ether oxygens (including phenoxy) is 1. The molecule has 0 radical (unpaired) electrons. The molecule has 0 aliphatic carbocycles. The van der Waals surface area contributed by atoms with Crippen molar-refractivity contribution in [2.75, 3.05) is 0 Å². The van der Waals surface area contributed by atoms with Crippen LogP contribution in [-0.2, 0) is 4.74 Å². The largest absolute Gasteiger partial charge is 0.444 e. The highest BCUT2D eigenvalue weighted by atomic mass is 16.6. The molecule has 0 saturated carbocycles. The predicted octanol–water partition coefficient (Wildman–Crippen LogP) is 2.67. The zero-order valence-electron chi connectivity index (χ0n) is 10.2. The van der Waals surface area contributed by atoms with Crippen LogP contribution in [0.15, 0.2) is 24.5 Å². The van der Waals surface area contributed by atoms with Crippen LogP contribution < -0.4 is 5.32 Å².